The first-order chi connectivity index (χ1) is 7.81. The summed E-state index contributed by atoms with van der Waals surface area (Å²) in [4.78, 5) is 15.2. The Morgan fingerprint density at radius 3 is 2.65 bits per heavy atom. The lowest BCUT2D eigenvalue weighted by Crippen LogP contribution is -2.30. The molecular weight excluding hydrogens is 244 g/mol. The molecule has 0 fully saturated rings. The zero-order valence-corrected chi connectivity index (χ0v) is 8.34. The van der Waals surface area contributed by atoms with Gasteiger partial charge >= 0.3 is 6.18 Å². The molecule has 0 bridgehead atoms. The number of hydroxylamine groups is 1. The van der Waals surface area contributed by atoms with Crippen LogP contribution in [0.4, 0.5) is 23.2 Å². The van der Waals surface area contributed by atoms with Crippen LogP contribution >= 0.6 is 0 Å². The van der Waals surface area contributed by atoms with Crippen molar-refractivity contribution < 1.29 is 27.2 Å². The van der Waals surface area contributed by atoms with Gasteiger partial charge in [-0.05, 0) is 12.1 Å². The van der Waals surface area contributed by atoms with Crippen molar-refractivity contribution in [1.82, 2.24) is 5.48 Å². The van der Waals surface area contributed by atoms with Gasteiger partial charge in [0.15, 0.2) is 6.61 Å². The maximum Gasteiger partial charge on any atom is 0.414 e. The fraction of sp³-hybridized carbons (Fsp3) is 0.222. The Morgan fingerprint density at radius 1 is 1.41 bits per heavy atom. The summed E-state index contributed by atoms with van der Waals surface area (Å²) in [6.45, 7) is -1.64. The van der Waals surface area contributed by atoms with E-state index in [4.69, 9.17) is 5.73 Å². The second-order valence-corrected chi connectivity index (χ2v) is 3.04. The Kier molecular flexibility index (Phi) is 3.89. The van der Waals surface area contributed by atoms with E-state index in [-0.39, 0.29) is 5.56 Å². The largest absolute Gasteiger partial charge is 0.414 e. The standard InChI is InChI=1S/C9H8F4N2O2/c10-6-3-1-2-5(7(6)14)8(16)15-17-4-9(11,12)13/h1-3H,4,14H2,(H,15,16). The summed E-state index contributed by atoms with van der Waals surface area (Å²) in [6.07, 6.45) is -4.57. The van der Waals surface area contributed by atoms with E-state index in [0.717, 1.165) is 12.1 Å². The van der Waals surface area contributed by atoms with Gasteiger partial charge in [0.1, 0.15) is 5.82 Å². The maximum absolute atomic E-state index is 12.9. The summed E-state index contributed by atoms with van der Waals surface area (Å²) < 4.78 is 48.0. The summed E-state index contributed by atoms with van der Waals surface area (Å²) >= 11 is 0. The zero-order valence-electron chi connectivity index (χ0n) is 8.34. The monoisotopic (exact) mass is 252 g/mol. The first kappa shape index (κ1) is 13.2. The normalized spacial score (nSPS) is 11.3. The van der Waals surface area contributed by atoms with Crippen molar-refractivity contribution in [3.63, 3.8) is 0 Å². The Morgan fingerprint density at radius 2 is 2.06 bits per heavy atom. The third-order valence-corrected chi connectivity index (χ3v) is 1.70. The SMILES string of the molecule is Nc1c(F)cccc1C(=O)NOCC(F)(F)F. The molecule has 1 rings (SSSR count). The predicted octanol–water partition coefficient (Wildman–Crippen LogP) is 1.63. The van der Waals surface area contributed by atoms with Gasteiger partial charge < -0.3 is 5.73 Å². The molecule has 0 atom stereocenters. The summed E-state index contributed by atoms with van der Waals surface area (Å²) in [5, 5.41) is 0. The summed E-state index contributed by atoms with van der Waals surface area (Å²) in [5.74, 6) is -1.89. The molecule has 0 saturated carbocycles. The highest BCUT2D eigenvalue weighted by Gasteiger charge is 2.28. The summed E-state index contributed by atoms with van der Waals surface area (Å²) in [6, 6.07) is 3.37. The molecule has 0 aliphatic rings. The van der Waals surface area contributed by atoms with Gasteiger partial charge in [0.05, 0.1) is 11.3 Å². The van der Waals surface area contributed by atoms with Crippen LogP contribution in [0.1, 0.15) is 10.4 Å². The van der Waals surface area contributed by atoms with Crippen molar-refractivity contribution in [3.05, 3.63) is 29.6 Å². The molecular formula is C9H8F4N2O2. The molecule has 8 heteroatoms. The lowest BCUT2D eigenvalue weighted by molar-refractivity contribution is -0.184. The number of benzene rings is 1. The molecule has 0 radical (unpaired) electrons. The van der Waals surface area contributed by atoms with Crippen molar-refractivity contribution in [3.8, 4) is 0 Å². The predicted molar refractivity (Wildman–Crippen MR) is 50.3 cm³/mol. The van der Waals surface area contributed by atoms with Crippen molar-refractivity contribution in [2.45, 2.75) is 6.18 Å². The van der Waals surface area contributed by atoms with Gasteiger partial charge in [-0.2, -0.15) is 13.2 Å². The fourth-order valence-electron chi connectivity index (χ4n) is 0.973. The fourth-order valence-corrected chi connectivity index (χ4v) is 0.973. The molecule has 3 N–H and O–H groups in total. The Balaban J connectivity index is 2.62. The van der Waals surface area contributed by atoms with Crippen LogP contribution < -0.4 is 11.2 Å². The molecule has 1 aromatic rings. The number of carbonyl (C=O) groups excluding carboxylic acids is 1. The quantitative estimate of drug-likeness (QED) is 0.488. The number of para-hydroxylation sites is 1. The number of anilines is 1. The molecule has 4 nitrogen and oxygen atoms in total. The van der Waals surface area contributed by atoms with Gasteiger partial charge in [-0.1, -0.05) is 6.07 Å². The number of halogens is 4. The lowest BCUT2D eigenvalue weighted by Gasteiger charge is -2.09. The lowest BCUT2D eigenvalue weighted by atomic mass is 10.1. The van der Waals surface area contributed by atoms with Gasteiger partial charge in [-0.15, -0.1) is 0 Å². The smallest absolute Gasteiger partial charge is 0.396 e. The summed E-state index contributed by atoms with van der Waals surface area (Å²) in [5.41, 5.74) is 5.99. The number of carbonyl (C=O) groups is 1. The van der Waals surface area contributed by atoms with Crippen LogP contribution in [0.2, 0.25) is 0 Å². The van der Waals surface area contributed by atoms with E-state index < -0.39 is 30.2 Å². The average molecular weight is 252 g/mol. The Labute approximate surface area is 93.3 Å². The van der Waals surface area contributed by atoms with Gasteiger partial charge in [0.25, 0.3) is 5.91 Å². The molecule has 0 aliphatic carbocycles. The van der Waals surface area contributed by atoms with Gasteiger partial charge in [-0.3, -0.25) is 9.63 Å². The van der Waals surface area contributed by atoms with Crippen molar-refractivity contribution in [2.24, 2.45) is 0 Å². The average Bonchev–Trinajstić information content (AvgIpc) is 2.20. The van der Waals surface area contributed by atoms with E-state index in [0.29, 0.717) is 0 Å². The number of amides is 1. The highest BCUT2D eigenvalue weighted by Crippen LogP contribution is 2.16. The second-order valence-electron chi connectivity index (χ2n) is 3.04. The van der Waals surface area contributed by atoms with E-state index >= 15 is 0 Å². The van der Waals surface area contributed by atoms with E-state index in [1.165, 1.54) is 11.5 Å². The number of alkyl halides is 3. The number of nitrogens with two attached hydrogens (primary N) is 1. The molecule has 1 aromatic carbocycles. The van der Waals surface area contributed by atoms with E-state index in [1.807, 2.05) is 0 Å². The van der Waals surface area contributed by atoms with Gasteiger partial charge in [-0.25, -0.2) is 9.87 Å². The van der Waals surface area contributed by atoms with E-state index in [9.17, 15) is 22.4 Å². The van der Waals surface area contributed by atoms with Crippen molar-refractivity contribution in [1.29, 1.82) is 0 Å². The second kappa shape index (κ2) is 5.00. The summed E-state index contributed by atoms with van der Waals surface area (Å²) in [7, 11) is 0. The van der Waals surface area contributed by atoms with Gasteiger partial charge in [0.2, 0.25) is 0 Å². The van der Waals surface area contributed by atoms with Crippen LogP contribution in [0, 0.1) is 5.82 Å². The third-order valence-electron chi connectivity index (χ3n) is 1.70. The Bertz CT molecular complexity index is 420. The number of hydrogen-bond acceptors (Lipinski definition) is 3. The first-order valence-corrected chi connectivity index (χ1v) is 4.34. The number of hydrogen-bond donors (Lipinski definition) is 2. The first-order valence-electron chi connectivity index (χ1n) is 4.34. The van der Waals surface area contributed by atoms with Crippen molar-refractivity contribution >= 4 is 11.6 Å². The number of rotatable bonds is 3. The van der Waals surface area contributed by atoms with E-state index in [2.05, 4.69) is 4.84 Å². The van der Waals surface area contributed by atoms with Crippen LogP contribution in [0.25, 0.3) is 0 Å². The van der Waals surface area contributed by atoms with Crippen LogP contribution in [0.3, 0.4) is 0 Å². The van der Waals surface area contributed by atoms with Crippen LogP contribution in [0.5, 0.6) is 0 Å². The topological polar surface area (TPSA) is 64.4 Å². The molecule has 0 unspecified atom stereocenters. The Hall–Kier alpha value is -1.83. The number of nitrogens with one attached hydrogen (secondary N) is 1. The minimum absolute atomic E-state index is 0.299. The van der Waals surface area contributed by atoms with Gasteiger partial charge in [0, 0.05) is 0 Å². The highest BCUT2D eigenvalue weighted by molar-refractivity contribution is 5.98. The van der Waals surface area contributed by atoms with Crippen LogP contribution in [-0.2, 0) is 4.84 Å². The van der Waals surface area contributed by atoms with Crippen LogP contribution in [-0.4, -0.2) is 18.7 Å². The maximum atomic E-state index is 12.9. The molecule has 94 valence electrons. The van der Waals surface area contributed by atoms with E-state index in [1.54, 1.807) is 0 Å². The molecule has 1 amide bonds. The molecule has 0 aliphatic heterocycles. The molecule has 0 aromatic heterocycles. The zero-order chi connectivity index (χ0) is 13.1. The molecule has 0 spiro atoms. The molecule has 0 saturated heterocycles. The minimum Gasteiger partial charge on any atom is -0.396 e. The highest BCUT2D eigenvalue weighted by atomic mass is 19.4. The molecule has 17 heavy (non-hydrogen) atoms. The van der Waals surface area contributed by atoms with Crippen LogP contribution in [0.15, 0.2) is 18.2 Å². The minimum atomic E-state index is -4.57. The molecule has 0 heterocycles. The van der Waals surface area contributed by atoms with Crippen molar-refractivity contribution in [2.75, 3.05) is 12.3 Å². The third kappa shape index (κ3) is 3.91. The number of nitrogen functional groups attached to an aromatic ring is 1.